The Morgan fingerprint density at radius 1 is 1.03 bits per heavy atom. The van der Waals surface area contributed by atoms with Gasteiger partial charge in [-0.3, -0.25) is 0 Å². The quantitative estimate of drug-likeness (QED) is 0.522. The van der Waals surface area contributed by atoms with E-state index in [-0.39, 0.29) is 18.3 Å². The van der Waals surface area contributed by atoms with Gasteiger partial charge < -0.3 is 19.3 Å². The number of carboxylic acid groups (broad SMARTS) is 1. The van der Waals surface area contributed by atoms with Gasteiger partial charge in [-0.05, 0) is 69.2 Å². The summed E-state index contributed by atoms with van der Waals surface area (Å²) in [4.78, 5) is 16.4. The van der Waals surface area contributed by atoms with E-state index in [1.54, 1.807) is 25.3 Å². The van der Waals surface area contributed by atoms with Crippen LogP contribution in [0.1, 0.15) is 41.0 Å². The van der Waals surface area contributed by atoms with E-state index in [0.717, 1.165) is 16.7 Å². The lowest BCUT2D eigenvalue weighted by Crippen LogP contribution is -2.10. The van der Waals surface area contributed by atoms with Crippen LogP contribution in [0.4, 0.5) is 0 Å². The molecule has 1 heterocycles. The summed E-state index contributed by atoms with van der Waals surface area (Å²) in [5.74, 6) is 0.940. The van der Waals surface area contributed by atoms with Gasteiger partial charge in [0.2, 0.25) is 0 Å². The average Bonchev–Trinajstić information content (AvgIpc) is 2.73. The van der Waals surface area contributed by atoms with Crippen LogP contribution in [0.3, 0.4) is 0 Å². The van der Waals surface area contributed by atoms with Crippen LogP contribution in [0.15, 0.2) is 48.5 Å². The second-order valence-electron chi connectivity index (χ2n) is 7.58. The molecule has 0 saturated heterocycles. The minimum absolute atomic E-state index is 0.0380. The number of aryl methyl sites for hydroxylation is 2. The second kappa shape index (κ2) is 9.51. The van der Waals surface area contributed by atoms with E-state index in [0.29, 0.717) is 28.6 Å². The Kier molecular flexibility index (Phi) is 6.80. The molecule has 0 saturated carbocycles. The van der Waals surface area contributed by atoms with E-state index in [4.69, 9.17) is 14.2 Å². The highest BCUT2D eigenvalue weighted by Gasteiger charge is 2.17. The maximum atomic E-state index is 11.8. The van der Waals surface area contributed by atoms with Crippen LogP contribution < -0.4 is 14.2 Å². The van der Waals surface area contributed by atoms with Gasteiger partial charge in [-0.25, -0.2) is 9.78 Å². The number of hydrogen-bond donors (Lipinski definition) is 1. The van der Waals surface area contributed by atoms with Gasteiger partial charge in [-0.1, -0.05) is 12.1 Å². The fraction of sp³-hybridized carbons (Fsp3) is 0.280. The Bertz CT molecular complexity index is 1090. The van der Waals surface area contributed by atoms with E-state index in [9.17, 15) is 9.90 Å². The number of carboxylic acids is 1. The highest BCUT2D eigenvalue weighted by atomic mass is 16.5. The highest BCUT2D eigenvalue weighted by Crippen LogP contribution is 2.34. The maximum absolute atomic E-state index is 11.8. The first-order chi connectivity index (χ1) is 14.8. The van der Waals surface area contributed by atoms with Gasteiger partial charge in [0.05, 0.1) is 30.2 Å². The molecule has 1 N–H and O–H groups in total. The summed E-state index contributed by atoms with van der Waals surface area (Å²) in [5, 5.41) is 9.63. The molecule has 0 unspecified atom stereocenters. The zero-order chi connectivity index (χ0) is 22.5. The Morgan fingerprint density at radius 3 is 2.48 bits per heavy atom. The van der Waals surface area contributed by atoms with Crippen molar-refractivity contribution in [1.82, 2.24) is 4.98 Å². The Morgan fingerprint density at radius 2 is 1.81 bits per heavy atom. The first-order valence-corrected chi connectivity index (χ1v) is 10.1. The predicted octanol–water partition coefficient (Wildman–Crippen LogP) is 5.44. The highest BCUT2D eigenvalue weighted by molar-refractivity contribution is 5.89. The lowest BCUT2D eigenvalue weighted by Gasteiger charge is -2.16. The fourth-order valence-electron chi connectivity index (χ4n) is 3.16. The van der Waals surface area contributed by atoms with Crippen LogP contribution in [0.25, 0.3) is 11.3 Å². The summed E-state index contributed by atoms with van der Waals surface area (Å²) in [6.45, 7) is 7.84. The molecule has 6 nitrogen and oxygen atoms in total. The van der Waals surface area contributed by atoms with Crippen molar-refractivity contribution in [3.05, 3.63) is 70.9 Å². The second-order valence-corrected chi connectivity index (χ2v) is 7.58. The molecule has 0 spiro atoms. The monoisotopic (exact) mass is 421 g/mol. The van der Waals surface area contributed by atoms with Gasteiger partial charge >= 0.3 is 5.97 Å². The Labute approximate surface area is 182 Å². The molecule has 0 atom stereocenters. The van der Waals surface area contributed by atoms with Crippen molar-refractivity contribution >= 4 is 5.97 Å². The van der Waals surface area contributed by atoms with Crippen molar-refractivity contribution in [2.75, 3.05) is 7.11 Å². The van der Waals surface area contributed by atoms with E-state index >= 15 is 0 Å². The smallest absolute Gasteiger partial charge is 0.337 e. The predicted molar refractivity (Wildman–Crippen MR) is 119 cm³/mol. The maximum Gasteiger partial charge on any atom is 0.337 e. The molecule has 0 fully saturated rings. The number of methoxy groups -OCH3 is 1. The number of rotatable bonds is 8. The normalized spacial score (nSPS) is 10.8. The van der Waals surface area contributed by atoms with Gasteiger partial charge in [-0.2, -0.15) is 0 Å². The van der Waals surface area contributed by atoms with Crippen molar-refractivity contribution in [3.8, 4) is 28.5 Å². The van der Waals surface area contributed by atoms with Gasteiger partial charge in [0.15, 0.2) is 0 Å². The number of pyridine rings is 1. The van der Waals surface area contributed by atoms with Crippen molar-refractivity contribution in [2.45, 2.75) is 40.4 Å². The van der Waals surface area contributed by atoms with E-state index < -0.39 is 5.97 Å². The summed E-state index contributed by atoms with van der Waals surface area (Å²) in [5.41, 5.74) is 3.84. The molecule has 1 aromatic heterocycles. The molecule has 162 valence electrons. The molecular formula is C25H27NO5. The number of nitrogens with zero attached hydrogens (tertiary/aromatic N) is 1. The number of aromatic carboxylic acids is 1. The summed E-state index contributed by atoms with van der Waals surface area (Å²) < 4.78 is 17.2. The van der Waals surface area contributed by atoms with Crippen molar-refractivity contribution in [1.29, 1.82) is 0 Å². The first-order valence-electron chi connectivity index (χ1n) is 10.1. The molecule has 3 aromatic rings. The van der Waals surface area contributed by atoms with Crippen LogP contribution in [0.5, 0.6) is 17.2 Å². The van der Waals surface area contributed by atoms with Gasteiger partial charge in [0.1, 0.15) is 23.9 Å². The lowest BCUT2D eigenvalue weighted by atomic mass is 10.1. The molecule has 0 bridgehead atoms. The lowest BCUT2D eigenvalue weighted by molar-refractivity contribution is 0.0693. The van der Waals surface area contributed by atoms with E-state index in [1.807, 2.05) is 58.0 Å². The number of hydrogen-bond acceptors (Lipinski definition) is 5. The first kappa shape index (κ1) is 22.2. The number of benzene rings is 2. The number of ether oxygens (including phenoxy) is 3. The zero-order valence-electron chi connectivity index (χ0n) is 18.4. The topological polar surface area (TPSA) is 77.9 Å². The SMILES string of the molecule is COc1ccc(-c2ccc(C(=O)O)c(COc3cc(C)ccc3C)n2)c(OC(C)C)c1. The minimum atomic E-state index is -1.05. The number of carbonyl (C=O) groups is 1. The third kappa shape index (κ3) is 5.34. The molecule has 0 aliphatic heterocycles. The van der Waals surface area contributed by atoms with Gasteiger partial charge in [0.25, 0.3) is 0 Å². The molecule has 3 rings (SSSR count). The summed E-state index contributed by atoms with van der Waals surface area (Å²) in [6.07, 6.45) is -0.0451. The van der Waals surface area contributed by atoms with Crippen LogP contribution in [0.2, 0.25) is 0 Å². The molecule has 2 aromatic carbocycles. The fourth-order valence-corrected chi connectivity index (χ4v) is 3.16. The van der Waals surface area contributed by atoms with Crippen LogP contribution in [0, 0.1) is 13.8 Å². The van der Waals surface area contributed by atoms with Crippen molar-refractivity contribution in [3.63, 3.8) is 0 Å². The summed E-state index contributed by atoms with van der Waals surface area (Å²) >= 11 is 0. The molecule has 0 aliphatic rings. The van der Waals surface area contributed by atoms with E-state index in [2.05, 4.69) is 4.98 Å². The van der Waals surface area contributed by atoms with Crippen molar-refractivity contribution in [2.24, 2.45) is 0 Å². The van der Waals surface area contributed by atoms with Crippen LogP contribution in [-0.2, 0) is 6.61 Å². The van der Waals surface area contributed by atoms with Gasteiger partial charge in [0, 0.05) is 11.6 Å². The van der Waals surface area contributed by atoms with E-state index in [1.165, 1.54) is 0 Å². The molecule has 6 heteroatoms. The molecule has 0 amide bonds. The molecule has 31 heavy (non-hydrogen) atoms. The standard InChI is InChI=1S/C25H27NO5/c1-15(2)31-24-13-18(29-5)8-9-19(24)21-11-10-20(25(27)28)22(26-21)14-30-23-12-16(3)6-7-17(23)4/h6-13,15H,14H2,1-5H3,(H,27,28). The van der Waals surface area contributed by atoms with Crippen LogP contribution >= 0.6 is 0 Å². The third-order valence-electron chi connectivity index (χ3n) is 4.74. The zero-order valence-corrected chi connectivity index (χ0v) is 18.4. The third-order valence-corrected chi connectivity index (χ3v) is 4.74. The molecular weight excluding hydrogens is 394 g/mol. The largest absolute Gasteiger partial charge is 0.497 e. The molecule has 0 aliphatic carbocycles. The molecule has 0 radical (unpaired) electrons. The summed E-state index contributed by atoms with van der Waals surface area (Å²) in [7, 11) is 1.59. The van der Waals surface area contributed by atoms with Crippen LogP contribution in [-0.4, -0.2) is 29.3 Å². The Hall–Kier alpha value is -3.54. The van der Waals surface area contributed by atoms with Gasteiger partial charge in [-0.15, -0.1) is 0 Å². The Balaban J connectivity index is 2.00. The minimum Gasteiger partial charge on any atom is -0.497 e. The number of aromatic nitrogens is 1. The van der Waals surface area contributed by atoms with Crippen molar-refractivity contribution < 1.29 is 24.1 Å². The average molecular weight is 421 g/mol. The summed E-state index contributed by atoms with van der Waals surface area (Å²) in [6, 6.07) is 14.6.